The number of para-hydroxylation sites is 1. The fourth-order valence-corrected chi connectivity index (χ4v) is 5.42. The lowest BCUT2D eigenvalue weighted by molar-refractivity contribution is -0.138. The molecule has 194 valence electrons. The Morgan fingerprint density at radius 1 is 1.03 bits per heavy atom. The minimum absolute atomic E-state index is 0.0274. The monoisotopic (exact) mass is 510 g/mol. The van der Waals surface area contributed by atoms with Crippen LogP contribution in [0, 0.1) is 6.92 Å². The predicted molar refractivity (Wildman–Crippen MR) is 136 cm³/mol. The molecule has 1 fully saturated rings. The third kappa shape index (κ3) is 4.82. The Hall–Kier alpha value is -3.75. The molecule has 0 bridgehead atoms. The Bertz CT molecular complexity index is 1290. The molecule has 0 aliphatic carbocycles. The normalized spacial score (nSPS) is 16.7. The summed E-state index contributed by atoms with van der Waals surface area (Å²) in [5, 5.41) is 0. The van der Waals surface area contributed by atoms with Gasteiger partial charge in [0, 0.05) is 31.9 Å². The molecule has 5 rings (SSSR count). The number of pyridine rings is 1. The van der Waals surface area contributed by atoms with E-state index in [4.69, 9.17) is 4.74 Å². The number of carbonyl (C=O) groups is 1. The van der Waals surface area contributed by atoms with Gasteiger partial charge in [-0.3, -0.25) is 4.90 Å². The lowest BCUT2D eigenvalue weighted by Crippen LogP contribution is -2.54. The van der Waals surface area contributed by atoms with Crippen molar-refractivity contribution in [1.82, 2.24) is 9.88 Å². The minimum Gasteiger partial charge on any atom is -0.480 e. The highest BCUT2D eigenvalue weighted by Gasteiger charge is 2.38. The van der Waals surface area contributed by atoms with Crippen molar-refractivity contribution >= 4 is 17.4 Å². The van der Waals surface area contributed by atoms with E-state index in [1.54, 1.807) is 25.4 Å². The molecule has 0 radical (unpaired) electrons. The quantitative estimate of drug-likeness (QED) is 0.421. The number of methoxy groups -OCH3 is 1. The first-order valence-corrected chi connectivity index (χ1v) is 12.3. The van der Waals surface area contributed by atoms with Gasteiger partial charge in [-0.05, 0) is 54.7 Å². The van der Waals surface area contributed by atoms with Gasteiger partial charge in [0.2, 0.25) is 5.88 Å². The zero-order valence-electron chi connectivity index (χ0n) is 20.8. The van der Waals surface area contributed by atoms with Crippen LogP contribution >= 0.6 is 0 Å². The first-order chi connectivity index (χ1) is 17.8. The number of benzene rings is 2. The molecule has 3 heterocycles. The summed E-state index contributed by atoms with van der Waals surface area (Å²) in [5.74, 6) is 0.580. The van der Waals surface area contributed by atoms with Crippen molar-refractivity contribution in [1.29, 1.82) is 0 Å². The number of aromatic nitrogens is 1. The number of alkyl halides is 3. The Balaban J connectivity index is 1.39. The molecular weight excluding hydrogens is 481 g/mol. The zero-order chi connectivity index (χ0) is 26.2. The Morgan fingerprint density at radius 2 is 1.73 bits per heavy atom. The lowest BCUT2D eigenvalue weighted by Gasteiger charge is -2.44. The van der Waals surface area contributed by atoms with Crippen LogP contribution in [0.2, 0.25) is 0 Å². The van der Waals surface area contributed by atoms with E-state index in [1.807, 2.05) is 36.1 Å². The maximum atomic E-state index is 13.8. The van der Waals surface area contributed by atoms with E-state index < -0.39 is 11.7 Å². The number of carbonyl (C=O) groups excluding carboxylic acids is 1. The van der Waals surface area contributed by atoms with Crippen LogP contribution < -0.4 is 14.5 Å². The maximum absolute atomic E-state index is 13.8. The van der Waals surface area contributed by atoms with Crippen LogP contribution in [0.25, 0.3) is 0 Å². The largest absolute Gasteiger partial charge is 0.480 e. The fourth-order valence-electron chi connectivity index (χ4n) is 5.42. The van der Waals surface area contributed by atoms with Crippen LogP contribution in [-0.2, 0) is 19.3 Å². The second kappa shape index (κ2) is 9.95. The number of hydrogen-bond acceptors (Lipinski definition) is 4. The summed E-state index contributed by atoms with van der Waals surface area (Å²) in [6.45, 7) is 3.75. The molecule has 0 unspecified atom stereocenters. The molecule has 0 atom stereocenters. The van der Waals surface area contributed by atoms with E-state index in [9.17, 15) is 18.0 Å². The number of anilines is 2. The van der Waals surface area contributed by atoms with Crippen LogP contribution in [0.5, 0.6) is 5.88 Å². The number of hydrogen-bond donors (Lipinski definition) is 0. The number of amides is 2. The summed E-state index contributed by atoms with van der Waals surface area (Å²) in [6, 6.07) is 14.6. The fraction of sp³-hybridized carbons (Fsp3) is 0.357. The highest BCUT2D eigenvalue weighted by atomic mass is 19.4. The zero-order valence-corrected chi connectivity index (χ0v) is 20.8. The van der Waals surface area contributed by atoms with E-state index in [1.165, 1.54) is 17.0 Å². The van der Waals surface area contributed by atoms with Gasteiger partial charge in [0.1, 0.15) is 5.69 Å². The number of ether oxygens (including phenoxy) is 1. The molecule has 37 heavy (non-hydrogen) atoms. The average molecular weight is 511 g/mol. The minimum atomic E-state index is -4.49. The molecule has 6 nitrogen and oxygen atoms in total. The van der Waals surface area contributed by atoms with Crippen molar-refractivity contribution in [2.45, 2.75) is 45.1 Å². The number of rotatable bonds is 5. The third-order valence-electron chi connectivity index (χ3n) is 7.26. The van der Waals surface area contributed by atoms with Gasteiger partial charge in [0.05, 0.1) is 24.9 Å². The van der Waals surface area contributed by atoms with Crippen molar-refractivity contribution < 1.29 is 22.7 Å². The standard InChI is InChI=1S/C28H29F3N4O2/c1-19-11-14-32-26(37-2)25(19)33-15-12-22(13-16-33)34-18-21-8-4-6-10-24(21)35(27(34)36)17-20-7-3-5-9-23(20)28(29,30)31/h3-11,14,22H,12-13,15-18H2,1-2H3. The average Bonchev–Trinajstić information content (AvgIpc) is 2.90. The SMILES string of the molecule is COc1nccc(C)c1N1CCC(N2Cc3ccccc3N(Cc3ccccc3C(F)(F)F)C2=O)CC1. The number of nitrogens with zero attached hydrogens (tertiary/aromatic N) is 4. The van der Waals surface area contributed by atoms with Gasteiger partial charge in [-0.25, -0.2) is 9.78 Å². The Kier molecular flexibility index (Phi) is 6.70. The maximum Gasteiger partial charge on any atom is 0.416 e. The van der Waals surface area contributed by atoms with Gasteiger partial charge >= 0.3 is 12.2 Å². The highest BCUT2D eigenvalue weighted by molar-refractivity contribution is 5.95. The van der Waals surface area contributed by atoms with Crippen molar-refractivity contribution in [3.63, 3.8) is 0 Å². The van der Waals surface area contributed by atoms with Crippen molar-refractivity contribution in [3.8, 4) is 5.88 Å². The molecule has 0 saturated carbocycles. The first-order valence-electron chi connectivity index (χ1n) is 12.3. The summed E-state index contributed by atoms with van der Waals surface area (Å²) >= 11 is 0. The summed E-state index contributed by atoms with van der Waals surface area (Å²) in [7, 11) is 1.60. The predicted octanol–water partition coefficient (Wildman–Crippen LogP) is 6.03. The molecule has 2 aliphatic rings. The number of fused-ring (bicyclic) bond motifs is 1. The Morgan fingerprint density at radius 3 is 2.46 bits per heavy atom. The van der Waals surface area contributed by atoms with Crippen LogP contribution in [0.1, 0.15) is 35.1 Å². The molecule has 2 aromatic carbocycles. The van der Waals surface area contributed by atoms with Gasteiger partial charge < -0.3 is 14.5 Å². The van der Waals surface area contributed by atoms with Gasteiger partial charge in [0.15, 0.2) is 0 Å². The molecule has 2 aliphatic heterocycles. The molecule has 9 heteroatoms. The van der Waals surface area contributed by atoms with Crippen molar-refractivity contribution in [3.05, 3.63) is 83.0 Å². The topological polar surface area (TPSA) is 48.9 Å². The van der Waals surface area contributed by atoms with E-state index in [0.29, 0.717) is 18.1 Å². The summed E-state index contributed by atoms with van der Waals surface area (Å²) < 4.78 is 46.5. The first kappa shape index (κ1) is 24.9. The molecular formula is C28H29F3N4O2. The number of halogens is 3. The van der Waals surface area contributed by atoms with Crippen LogP contribution in [0.4, 0.5) is 29.3 Å². The molecule has 1 saturated heterocycles. The van der Waals surface area contributed by atoms with Crippen molar-refractivity contribution in [2.75, 3.05) is 30.0 Å². The smallest absolute Gasteiger partial charge is 0.416 e. The molecule has 3 aromatic rings. The van der Waals surface area contributed by atoms with E-state index >= 15 is 0 Å². The highest BCUT2D eigenvalue weighted by Crippen LogP contribution is 2.38. The van der Waals surface area contributed by atoms with Gasteiger partial charge in [-0.2, -0.15) is 13.2 Å². The molecule has 0 N–H and O–H groups in total. The van der Waals surface area contributed by atoms with E-state index in [-0.39, 0.29) is 24.2 Å². The van der Waals surface area contributed by atoms with Crippen LogP contribution in [0.3, 0.4) is 0 Å². The molecule has 1 aromatic heterocycles. The Labute approximate surface area is 214 Å². The van der Waals surface area contributed by atoms with Gasteiger partial charge in [-0.1, -0.05) is 36.4 Å². The number of urea groups is 1. The second-order valence-electron chi connectivity index (χ2n) is 9.48. The van der Waals surface area contributed by atoms with Crippen molar-refractivity contribution in [2.24, 2.45) is 0 Å². The van der Waals surface area contributed by atoms with Gasteiger partial charge in [-0.15, -0.1) is 0 Å². The van der Waals surface area contributed by atoms with E-state index in [2.05, 4.69) is 9.88 Å². The van der Waals surface area contributed by atoms with Crippen LogP contribution in [0.15, 0.2) is 60.8 Å². The van der Waals surface area contributed by atoms with Gasteiger partial charge in [0.25, 0.3) is 0 Å². The van der Waals surface area contributed by atoms with Crippen LogP contribution in [-0.4, -0.2) is 42.2 Å². The second-order valence-corrected chi connectivity index (χ2v) is 9.48. The third-order valence-corrected chi connectivity index (χ3v) is 7.26. The molecule has 2 amide bonds. The lowest BCUT2D eigenvalue weighted by atomic mass is 9.98. The summed E-state index contributed by atoms with van der Waals surface area (Å²) in [5.41, 5.74) is 2.99. The number of aryl methyl sites for hydroxylation is 1. The molecule has 0 spiro atoms. The summed E-state index contributed by atoms with van der Waals surface area (Å²) in [6.07, 6.45) is -1.30. The number of piperidine rings is 1. The summed E-state index contributed by atoms with van der Waals surface area (Å²) in [4.78, 5) is 23.7. The van der Waals surface area contributed by atoms with E-state index in [0.717, 1.165) is 48.8 Å².